The zero-order valence-electron chi connectivity index (χ0n) is 13.8. The van der Waals surface area contributed by atoms with Gasteiger partial charge in [-0.15, -0.1) is 0 Å². The summed E-state index contributed by atoms with van der Waals surface area (Å²) in [5, 5.41) is 7.32. The normalized spacial score (nSPS) is 18.8. The van der Waals surface area contributed by atoms with Crippen LogP contribution in [0, 0.1) is 0 Å². The molecule has 136 valence electrons. The minimum Gasteiger partial charge on any atom is -0.486 e. The standard InChI is InChI=1S/C17H21F3N4O/c18-17(19,20)12-24-16(13-5-4-9-21-10-8-13)22-15(23-24)11-25-14-6-2-1-3-7-14/h1-3,6-7,13,21H,4-5,8-12H2. The van der Waals surface area contributed by atoms with Crippen LogP contribution in [-0.2, 0) is 13.2 Å². The lowest BCUT2D eigenvalue weighted by Crippen LogP contribution is -2.22. The zero-order valence-corrected chi connectivity index (χ0v) is 13.8. The van der Waals surface area contributed by atoms with Gasteiger partial charge in [0.25, 0.3) is 0 Å². The first kappa shape index (κ1) is 17.7. The van der Waals surface area contributed by atoms with Gasteiger partial charge in [-0.2, -0.15) is 18.3 Å². The van der Waals surface area contributed by atoms with Crippen molar-refractivity contribution >= 4 is 0 Å². The van der Waals surface area contributed by atoms with Crippen molar-refractivity contribution in [3.63, 3.8) is 0 Å². The topological polar surface area (TPSA) is 52.0 Å². The summed E-state index contributed by atoms with van der Waals surface area (Å²) >= 11 is 0. The van der Waals surface area contributed by atoms with Crippen LogP contribution in [0.15, 0.2) is 30.3 Å². The molecular formula is C17H21F3N4O. The molecule has 1 fully saturated rings. The van der Waals surface area contributed by atoms with E-state index in [1.165, 1.54) is 0 Å². The van der Waals surface area contributed by atoms with Crippen molar-refractivity contribution in [2.24, 2.45) is 0 Å². The van der Waals surface area contributed by atoms with Gasteiger partial charge < -0.3 is 10.1 Å². The van der Waals surface area contributed by atoms with E-state index < -0.39 is 12.7 Å². The number of hydrogen-bond acceptors (Lipinski definition) is 4. The molecule has 1 aromatic heterocycles. The van der Waals surface area contributed by atoms with Crippen LogP contribution in [0.5, 0.6) is 5.75 Å². The van der Waals surface area contributed by atoms with Crippen molar-refractivity contribution in [2.75, 3.05) is 13.1 Å². The average Bonchev–Trinajstić information content (AvgIpc) is 2.79. The first-order chi connectivity index (χ1) is 12.0. The maximum Gasteiger partial charge on any atom is 0.408 e. The molecule has 0 radical (unpaired) electrons. The number of para-hydroxylation sites is 1. The molecule has 0 aliphatic carbocycles. The number of aromatic nitrogens is 3. The number of ether oxygens (including phenoxy) is 1. The van der Waals surface area contributed by atoms with Crippen LogP contribution >= 0.6 is 0 Å². The van der Waals surface area contributed by atoms with Crippen LogP contribution in [0.1, 0.15) is 36.8 Å². The van der Waals surface area contributed by atoms with Gasteiger partial charge in [-0.3, -0.25) is 0 Å². The third kappa shape index (κ3) is 5.19. The van der Waals surface area contributed by atoms with E-state index in [2.05, 4.69) is 15.4 Å². The van der Waals surface area contributed by atoms with E-state index in [-0.39, 0.29) is 18.3 Å². The van der Waals surface area contributed by atoms with Gasteiger partial charge >= 0.3 is 6.18 Å². The average molecular weight is 354 g/mol. The molecule has 1 unspecified atom stereocenters. The second-order valence-electron chi connectivity index (χ2n) is 6.14. The predicted molar refractivity (Wildman–Crippen MR) is 86.3 cm³/mol. The highest BCUT2D eigenvalue weighted by Gasteiger charge is 2.32. The molecular weight excluding hydrogens is 333 g/mol. The van der Waals surface area contributed by atoms with Gasteiger partial charge in [-0.05, 0) is 44.5 Å². The Balaban J connectivity index is 1.78. The van der Waals surface area contributed by atoms with Crippen molar-refractivity contribution < 1.29 is 17.9 Å². The molecule has 1 aliphatic heterocycles. The lowest BCUT2D eigenvalue weighted by atomic mass is 10.00. The Morgan fingerprint density at radius 2 is 1.96 bits per heavy atom. The Kier molecular flexibility index (Phi) is 5.57. The van der Waals surface area contributed by atoms with Crippen molar-refractivity contribution in [1.29, 1.82) is 0 Å². The summed E-state index contributed by atoms with van der Waals surface area (Å²) in [7, 11) is 0. The van der Waals surface area contributed by atoms with E-state index in [0.717, 1.165) is 37.0 Å². The SMILES string of the molecule is FC(F)(F)Cn1nc(COc2ccccc2)nc1C1CCCNCC1. The van der Waals surface area contributed by atoms with Crippen LogP contribution in [0.25, 0.3) is 0 Å². The van der Waals surface area contributed by atoms with Crippen molar-refractivity contribution in [2.45, 2.75) is 44.5 Å². The van der Waals surface area contributed by atoms with E-state index in [0.29, 0.717) is 11.6 Å². The minimum atomic E-state index is -4.33. The van der Waals surface area contributed by atoms with Crippen LogP contribution in [-0.4, -0.2) is 34.0 Å². The predicted octanol–water partition coefficient (Wildman–Crippen LogP) is 3.28. The van der Waals surface area contributed by atoms with E-state index in [4.69, 9.17) is 4.74 Å². The van der Waals surface area contributed by atoms with Gasteiger partial charge in [0.2, 0.25) is 0 Å². The summed E-state index contributed by atoms with van der Waals surface area (Å²) in [5.41, 5.74) is 0. The second kappa shape index (κ2) is 7.86. The summed E-state index contributed by atoms with van der Waals surface area (Å²) in [4.78, 5) is 4.37. The fourth-order valence-corrected chi connectivity index (χ4v) is 2.99. The number of benzene rings is 1. The first-order valence-corrected chi connectivity index (χ1v) is 8.40. The Hall–Kier alpha value is -2.09. The lowest BCUT2D eigenvalue weighted by molar-refractivity contribution is -0.143. The van der Waals surface area contributed by atoms with Crippen LogP contribution < -0.4 is 10.1 Å². The summed E-state index contributed by atoms with van der Waals surface area (Å²) in [5.74, 6) is 1.30. The number of halogens is 3. The van der Waals surface area contributed by atoms with E-state index in [1.807, 2.05) is 18.2 Å². The molecule has 0 saturated carbocycles. The molecule has 5 nitrogen and oxygen atoms in total. The summed E-state index contributed by atoms with van der Waals surface area (Å²) in [6.07, 6.45) is -1.85. The highest BCUT2D eigenvalue weighted by Crippen LogP contribution is 2.27. The molecule has 3 rings (SSSR count). The van der Waals surface area contributed by atoms with Crippen LogP contribution in [0.4, 0.5) is 13.2 Å². The summed E-state index contributed by atoms with van der Waals surface area (Å²) in [6.45, 7) is 0.588. The lowest BCUT2D eigenvalue weighted by Gasteiger charge is -2.15. The molecule has 8 heteroatoms. The van der Waals surface area contributed by atoms with Gasteiger partial charge in [-0.25, -0.2) is 9.67 Å². The van der Waals surface area contributed by atoms with Crippen molar-refractivity contribution in [3.05, 3.63) is 42.0 Å². The minimum absolute atomic E-state index is 0.0182. The number of alkyl halides is 3. The molecule has 25 heavy (non-hydrogen) atoms. The zero-order chi connectivity index (χ0) is 17.7. The highest BCUT2D eigenvalue weighted by atomic mass is 19.4. The van der Waals surface area contributed by atoms with Gasteiger partial charge in [0.15, 0.2) is 5.82 Å². The maximum atomic E-state index is 12.9. The Morgan fingerprint density at radius 1 is 1.16 bits per heavy atom. The van der Waals surface area contributed by atoms with Crippen molar-refractivity contribution in [3.8, 4) is 5.75 Å². The summed E-state index contributed by atoms with van der Waals surface area (Å²) in [6, 6.07) is 9.08. The Labute approximate surface area is 144 Å². The molecule has 0 bridgehead atoms. The van der Waals surface area contributed by atoms with Gasteiger partial charge in [0.1, 0.15) is 24.7 Å². The monoisotopic (exact) mass is 354 g/mol. The third-order valence-electron chi connectivity index (χ3n) is 4.13. The smallest absolute Gasteiger partial charge is 0.408 e. The van der Waals surface area contributed by atoms with E-state index in [9.17, 15) is 13.2 Å². The number of nitrogens with one attached hydrogen (secondary N) is 1. The molecule has 1 N–H and O–H groups in total. The van der Waals surface area contributed by atoms with E-state index in [1.54, 1.807) is 12.1 Å². The fraction of sp³-hybridized carbons (Fsp3) is 0.529. The molecule has 0 spiro atoms. The molecule has 0 amide bonds. The molecule has 2 aromatic rings. The van der Waals surface area contributed by atoms with Gasteiger partial charge in [-0.1, -0.05) is 18.2 Å². The molecule has 1 aromatic carbocycles. The van der Waals surface area contributed by atoms with Crippen molar-refractivity contribution in [1.82, 2.24) is 20.1 Å². The maximum absolute atomic E-state index is 12.9. The first-order valence-electron chi connectivity index (χ1n) is 8.40. The van der Waals surface area contributed by atoms with Gasteiger partial charge in [0.05, 0.1) is 0 Å². The number of hydrogen-bond donors (Lipinski definition) is 1. The van der Waals surface area contributed by atoms with Crippen LogP contribution in [0.2, 0.25) is 0 Å². The molecule has 1 saturated heterocycles. The number of rotatable bonds is 5. The third-order valence-corrected chi connectivity index (χ3v) is 4.13. The van der Waals surface area contributed by atoms with Crippen LogP contribution in [0.3, 0.4) is 0 Å². The Bertz CT molecular complexity index is 664. The quantitative estimate of drug-likeness (QED) is 0.895. The highest BCUT2D eigenvalue weighted by molar-refractivity contribution is 5.21. The Morgan fingerprint density at radius 3 is 2.72 bits per heavy atom. The molecule has 2 heterocycles. The number of nitrogens with zero attached hydrogens (tertiary/aromatic N) is 3. The largest absolute Gasteiger partial charge is 0.486 e. The molecule has 1 atom stereocenters. The van der Waals surface area contributed by atoms with Gasteiger partial charge in [0, 0.05) is 5.92 Å². The molecule has 1 aliphatic rings. The second-order valence-corrected chi connectivity index (χ2v) is 6.14. The van der Waals surface area contributed by atoms with E-state index >= 15 is 0 Å². The fourth-order valence-electron chi connectivity index (χ4n) is 2.99. The summed E-state index contributed by atoms with van der Waals surface area (Å²) < 4.78 is 45.3.